The van der Waals surface area contributed by atoms with E-state index in [1.807, 2.05) is 0 Å². The molecule has 0 saturated carbocycles. The van der Waals surface area contributed by atoms with E-state index >= 15 is 0 Å². The number of nitrogens with one attached hydrogen (secondary N) is 1. The Morgan fingerprint density at radius 3 is 2.43 bits per heavy atom. The molecule has 0 aliphatic carbocycles. The monoisotopic (exact) mass is 399 g/mol. The number of nitrogens with two attached hydrogens (primary N) is 1. The van der Waals surface area contributed by atoms with Crippen molar-refractivity contribution >= 4 is 11.7 Å². The summed E-state index contributed by atoms with van der Waals surface area (Å²) in [6.07, 6.45) is -2.49. The van der Waals surface area contributed by atoms with Crippen LogP contribution < -0.4 is 11.1 Å². The molecule has 28 heavy (non-hydrogen) atoms. The average molecular weight is 399 g/mol. The van der Waals surface area contributed by atoms with Gasteiger partial charge in [0, 0.05) is 12.7 Å². The summed E-state index contributed by atoms with van der Waals surface area (Å²) in [6, 6.07) is 5.65. The fraction of sp³-hybridized carbons (Fsp3) is 0.111. The molecule has 2 aromatic carbocycles. The SMILES string of the molecule is NC(/C=C\NCc1ccc(O)cc1C(F)(F)F)=NC(=O)c1c(F)cccc1F. The van der Waals surface area contributed by atoms with Crippen LogP contribution >= 0.6 is 0 Å². The van der Waals surface area contributed by atoms with Crippen LogP contribution in [0.4, 0.5) is 22.0 Å². The van der Waals surface area contributed by atoms with Crippen molar-refractivity contribution in [2.45, 2.75) is 12.7 Å². The van der Waals surface area contributed by atoms with Crippen LogP contribution in [0.5, 0.6) is 5.75 Å². The Kier molecular flexibility index (Phi) is 6.34. The summed E-state index contributed by atoms with van der Waals surface area (Å²) in [4.78, 5) is 15.1. The number of hydrogen-bond donors (Lipinski definition) is 3. The summed E-state index contributed by atoms with van der Waals surface area (Å²) in [7, 11) is 0. The molecule has 0 heterocycles. The van der Waals surface area contributed by atoms with Gasteiger partial charge >= 0.3 is 6.18 Å². The lowest BCUT2D eigenvalue weighted by atomic mass is 10.1. The maximum Gasteiger partial charge on any atom is 0.416 e. The molecule has 0 aromatic heterocycles. The third-order valence-electron chi connectivity index (χ3n) is 3.47. The second kappa shape index (κ2) is 8.51. The minimum absolute atomic E-state index is 0.144. The third kappa shape index (κ3) is 5.29. The van der Waals surface area contributed by atoms with E-state index in [1.54, 1.807) is 0 Å². The fourth-order valence-electron chi connectivity index (χ4n) is 2.21. The minimum Gasteiger partial charge on any atom is -0.508 e. The third-order valence-corrected chi connectivity index (χ3v) is 3.47. The summed E-state index contributed by atoms with van der Waals surface area (Å²) < 4.78 is 65.8. The summed E-state index contributed by atoms with van der Waals surface area (Å²) in [6.45, 7) is -0.269. The maximum atomic E-state index is 13.5. The number of phenols is 1. The van der Waals surface area contributed by atoms with E-state index in [-0.39, 0.29) is 12.1 Å². The Bertz CT molecular complexity index is 919. The van der Waals surface area contributed by atoms with E-state index in [2.05, 4.69) is 10.3 Å². The van der Waals surface area contributed by atoms with Gasteiger partial charge in [-0.25, -0.2) is 8.78 Å². The number of aromatic hydroxyl groups is 1. The molecule has 10 heteroatoms. The fourth-order valence-corrected chi connectivity index (χ4v) is 2.21. The van der Waals surface area contributed by atoms with E-state index < -0.39 is 46.4 Å². The number of rotatable bonds is 5. The van der Waals surface area contributed by atoms with E-state index in [9.17, 15) is 31.9 Å². The standard InChI is InChI=1S/C18H14F5N3O2/c19-13-2-1-3-14(20)16(13)17(28)26-15(24)6-7-25-9-10-4-5-11(27)8-12(10)18(21,22)23/h1-8,25,27H,9H2,(H2,24,26,28)/b7-6-. The number of carbonyl (C=O) groups excluding carboxylic acids is 1. The number of phenolic OH excluding ortho intramolecular Hbond substituents is 1. The molecule has 0 radical (unpaired) electrons. The maximum absolute atomic E-state index is 13.5. The molecule has 0 fully saturated rings. The predicted octanol–water partition coefficient (Wildman–Crippen LogP) is 3.49. The first kappa shape index (κ1) is 20.9. The van der Waals surface area contributed by atoms with Crippen LogP contribution in [-0.4, -0.2) is 16.8 Å². The van der Waals surface area contributed by atoms with Crippen molar-refractivity contribution < 1.29 is 31.9 Å². The predicted molar refractivity (Wildman–Crippen MR) is 91.4 cm³/mol. The van der Waals surface area contributed by atoms with Crippen LogP contribution in [0.1, 0.15) is 21.5 Å². The van der Waals surface area contributed by atoms with Gasteiger partial charge in [-0.05, 0) is 35.9 Å². The van der Waals surface area contributed by atoms with Gasteiger partial charge in [-0.1, -0.05) is 12.1 Å². The molecule has 0 bridgehead atoms. The Labute approximate surface area is 156 Å². The molecular formula is C18H14F5N3O2. The molecule has 0 saturated heterocycles. The quantitative estimate of drug-likeness (QED) is 0.408. The Balaban J connectivity index is 2.06. The smallest absolute Gasteiger partial charge is 0.416 e. The number of hydrogen-bond acceptors (Lipinski definition) is 3. The Morgan fingerprint density at radius 1 is 1.18 bits per heavy atom. The van der Waals surface area contributed by atoms with Crippen LogP contribution in [0.15, 0.2) is 53.7 Å². The largest absolute Gasteiger partial charge is 0.508 e. The first-order valence-corrected chi connectivity index (χ1v) is 7.71. The minimum atomic E-state index is -4.66. The van der Waals surface area contributed by atoms with Crippen molar-refractivity contribution in [3.05, 3.63) is 77.0 Å². The molecule has 0 atom stereocenters. The highest BCUT2D eigenvalue weighted by Crippen LogP contribution is 2.34. The Hall–Kier alpha value is -3.43. The molecule has 2 rings (SSSR count). The van der Waals surface area contributed by atoms with E-state index in [0.717, 1.165) is 42.6 Å². The summed E-state index contributed by atoms with van der Waals surface area (Å²) >= 11 is 0. The highest BCUT2D eigenvalue weighted by atomic mass is 19.4. The first-order chi connectivity index (χ1) is 13.1. The van der Waals surface area contributed by atoms with Gasteiger partial charge in [0.15, 0.2) is 0 Å². The zero-order chi connectivity index (χ0) is 20.9. The van der Waals surface area contributed by atoms with Gasteiger partial charge in [0.2, 0.25) is 0 Å². The summed E-state index contributed by atoms with van der Waals surface area (Å²) in [5, 5.41) is 11.7. The summed E-state index contributed by atoms with van der Waals surface area (Å²) in [5.74, 6) is -4.38. The molecule has 1 amide bonds. The van der Waals surface area contributed by atoms with E-state index in [0.29, 0.717) is 6.07 Å². The van der Waals surface area contributed by atoms with E-state index in [4.69, 9.17) is 5.73 Å². The van der Waals surface area contributed by atoms with Crippen LogP contribution in [-0.2, 0) is 12.7 Å². The van der Waals surface area contributed by atoms with Crippen LogP contribution in [0.2, 0.25) is 0 Å². The number of amidine groups is 1. The van der Waals surface area contributed by atoms with Crippen LogP contribution in [0, 0.1) is 11.6 Å². The lowest BCUT2D eigenvalue weighted by Gasteiger charge is -2.13. The van der Waals surface area contributed by atoms with Crippen molar-refractivity contribution in [3.8, 4) is 5.75 Å². The first-order valence-electron chi connectivity index (χ1n) is 7.71. The van der Waals surface area contributed by atoms with Gasteiger partial charge in [-0.2, -0.15) is 18.2 Å². The van der Waals surface area contributed by atoms with Gasteiger partial charge in [0.25, 0.3) is 5.91 Å². The molecule has 5 nitrogen and oxygen atoms in total. The topological polar surface area (TPSA) is 87.7 Å². The molecule has 2 aromatic rings. The van der Waals surface area contributed by atoms with Crippen molar-refractivity contribution in [1.82, 2.24) is 5.32 Å². The van der Waals surface area contributed by atoms with Gasteiger partial charge < -0.3 is 16.2 Å². The number of halogens is 5. The molecule has 0 spiro atoms. The van der Waals surface area contributed by atoms with Crippen molar-refractivity contribution in [2.75, 3.05) is 0 Å². The highest BCUT2D eigenvalue weighted by molar-refractivity contribution is 6.06. The van der Waals surface area contributed by atoms with Gasteiger partial charge in [0.05, 0.1) is 5.56 Å². The highest BCUT2D eigenvalue weighted by Gasteiger charge is 2.33. The van der Waals surface area contributed by atoms with Gasteiger partial charge in [0.1, 0.15) is 28.8 Å². The van der Waals surface area contributed by atoms with E-state index in [1.165, 1.54) is 0 Å². The number of nitrogens with zero attached hydrogens (tertiary/aromatic N) is 1. The summed E-state index contributed by atoms with van der Waals surface area (Å²) in [5.41, 5.74) is 3.43. The zero-order valence-electron chi connectivity index (χ0n) is 14.1. The lowest BCUT2D eigenvalue weighted by Crippen LogP contribution is -2.16. The zero-order valence-corrected chi connectivity index (χ0v) is 14.1. The second-order valence-electron chi connectivity index (χ2n) is 5.49. The average Bonchev–Trinajstić information content (AvgIpc) is 2.58. The Morgan fingerprint density at radius 2 is 1.82 bits per heavy atom. The number of carbonyl (C=O) groups is 1. The molecule has 0 aliphatic heterocycles. The molecule has 0 aliphatic rings. The molecule has 0 unspecified atom stereocenters. The van der Waals surface area contributed by atoms with Crippen molar-refractivity contribution in [1.29, 1.82) is 0 Å². The number of amides is 1. The number of alkyl halides is 3. The number of aliphatic imine (C=N–C) groups is 1. The van der Waals surface area contributed by atoms with Gasteiger partial charge in [-0.3, -0.25) is 4.79 Å². The number of benzene rings is 2. The van der Waals surface area contributed by atoms with Gasteiger partial charge in [-0.15, -0.1) is 0 Å². The van der Waals surface area contributed by atoms with Crippen molar-refractivity contribution in [3.63, 3.8) is 0 Å². The normalized spacial score (nSPS) is 12.4. The van der Waals surface area contributed by atoms with Crippen LogP contribution in [0.25, 0.3) is 0 Å². The molecule has 4 N–H and O–H groups in total. The second-order valence-corrected chi connectivity index (χ2v) is 5.49. The van der Waals surface area contributed by atoms with Crippen LogP contribution in [0.3, 0.4) is 0 Å². The molecule has 148 valence electrons. The molecular weight excluding hydrogens is 385 g/mol. The van der Waals surface area contributed by atoms with Crippen molar-refractivity contribution in [2.24, 2.45) is 10.7 Å². The lowest BCUT2D eigenvalue weighted by molar-refractivity contribution is -0.138.